The molecule has 0 fully saturated rings. The summed E-state index contributed by atoms with van der Waals surface area (Å²) >= 11 is 0. The highest BCUT2D eigenvalue weighted by Crippen LogP contribution is 2.33. The summed E-state index contributed by atoms with van der Waals surface area (Å²) in [5.41, 5.74) is 3.90. The van der Waals surface area contributed by atoms with Crippen molar-refractivity contribution >= 4 is 0 Å². The Morgan fingerprint density at radius 3 is 1.60 bits per heavy atom. The Kier molecular flexibility index (Phi) is 26.6. The van der Waals surface area contributed by atoms with E-state index in [1.54, 1.807) is 31.2 Å². The van der Waals surface area contributed by atoms with E-state index in [9.17, 15) is 5.11 Å². The van der Waals surface area contributed by atoms with Crippen LogP contribution >= 0.6 is 0 Å². The van der Waals surface area contributed by atoms with Gasteiger partial charge in [0.05, 0.1) is 12.9 Å². The minimum atomic E-state index is -0.229. The van der Waals surface area contributed by atoms with Crippen molar-refractivity contribution in [3.8, 4) is 41.4 Å². The Morgan fingerprint density at radius 1 is 0.745 bits per heavy atom. The molecule has 3 aromatic carbocycles. The smallest absolute Gasteiger partial charge is 0.196 e. The average molecular weight is 645 g/mol. The third-order valence-corrected chi connectivity index (χ3v) is 7.20. The van der Waals surface area contributed by atoms with Gasteiger partial charge in [0.2, 0.25) is 0 Å². The Morgan fingerprint density at radius 2 is 1.23 bits per heavy atom. The number of phenolic OH excluding ortho intramolecular Hbond substituents is 2. The van der Waals surface area contributed by atoms with Gasteiger partial charge >= 0.3 is 0 Å². The monoisotopic (exact) mass is 644 g/mol. The van der Waals surface area contributed by atoms with E-state index in [4.69, 9.17) is 21.0 Å². The number of benzene rings is 3. The number of terminal acetylenes is 1. The van der Waals surface area contributed by atoms with E-state index in [0.29, 0.717) is 35.9 Å². The van der Waals surface area contributed by atoms with Crippen LogP contribution in [0.4, 0.5) is 0 Å². The lowest BCUT2D eigenvalue weighted by Crippen LogP contribution is -2.15. The highest BCUT2D eigenvalue weighted by atomic mass is 16.7. The summed E-state index contributed by atoms with van der Waals surface area (Å²) < 4.78 is 15.7. The number of hydrogen-bond donors (Lipinski definition) is 2. The molecule has 0 aromatic heterocycles. The van der Waals surface area contributed by atoms with Gasteiger partial charge in [0.15, 0.2) is 6.29 Å². The molecule has 0 radical (unpaired) electrons. The molecule has 0 spiro atoms. The molecule has 0 aliphatic rings. The molecule has 3 aromatic rings. The number of aromatic hydroxyl groups is 2. The standard InChI is InChI=1S/C22H30O3.C10H14O.C5H4.C4H8O.CH4/c1-5-18(20-7-11-21(23)12-8-20)15-16(3)19-9-13-22(14-10-19)25-17(4)24-6-2;1-3-8(2)9-4-6-10(11)7-5-9;2*1-3-5-4-2;/h7-14,16-18,23H,5-6,15H2,1-4H3;4-8,11H,3H2,1-2H3;1H,2H3;3H,1,4H2,2H3;1H4. The van der Waals surface area contributed by atoms with Crippen LogP contribution in [0.1, 0.15) is 117 Å². The van der Waals surface area contributed by atoms with Crippen LogP contribution in [0.2, 0.25) is 0 Å². The molecule has 3 rings (SSSR count). The number of rotatable bonds is 13. The number of phenols is 2. The average Bonchev–Trinajstić information content (AvgIpc) is 3.06. The zero-order chi connectivity index (χ0) is 34.7. The second-order valence-electron chi connectivity index (χ2n) is 10.6. The molecule has 0 bridgehead atoms. The van der Waals surface area contributed by atoms with Gasteiger partial charge in [-0.25, -0.2) is 0 Å². The molecule has 0 saturated carbocycles. The van der Waals surface area contributed by atoms with Crippen molar-refractivity contribution in [2.24, 2.45) is 0 Å². The van der Waals surface area contributed by atoms with Crippen LogP contribution < -0.4 is 4.74 Å². The molecular weight excluding hydrogens is 584 g/mol. The van der Waals surface area contributed by atoms with Crippen molar-refractivity contribution in [1.29, 1.82) is 0 Å². The van der Waals surface area contributed by atoms with Crippen LogP contribution in [-0.2, 0) is 9.47 Å². The molecule has 258 valence electrons. The lowest BCUT2D eigenvalue weighted by Gasteiger charge is -2.21. The maximum absolute atomic E-state index is 9.47. The Balaban J connectivity index is 0. The van der Waals surface area contributed by atoms with E-state index in [0.717, 1.165) is 31.6 Å². The molecule has 4 unspecified atom stereocenters. The molecule has 5 nitrogen and oxygen atoms in total. The zero-order valence-corrected chi connectivity index (χ0v) is 29.3. The van der Waals surface area contributed by atoms with Gasteiger partial charge in [0.25, 0.3) is 0 Å². The predicted octanol–water partition coefficient (Wildman–Crippen LogP) is 11.2. The normalized spacial score (nSPS) is 11.9. The van der Waals surface area contributed by atoms with E-state index in [-0.39, 0.29) is 13.7 Å². The van der Waals surface area contributed by atoms with Crippen molar-refractivity contribution in [2.45, 2.75) is 106 Å². The summed E-state index contributed by atoms with van der Waals surface area (Å²) in [7, 11) is 0. The maximum Gasteiger partial charge on any atom is 0.196 e. The summed E-state index contributed by atoms with van der Waals surface area (Å²) in [6.07, 6.45) is 9.23. The van der Waals surface area contributed by atoms with Gasteiger partial charge in [-0.05, 0) is 130 Å². The molecule has 2 N–H and O–H groups in total. The van der Waals surface area contributed by atoms with Crippen LogP contribution in [0.5, 0.6) is 17.2 Å². The first-order valence-electron chi connectivity index (χ1n) is 16.2. The second kappa shape index (κ2) is 27.9. The van der Waals surface area contributed by atoms with Gasteiger partial charge in [-0.2, -0.15) is 0 Å². The molecule has 0 aliphatic heterocycles. The maximum atomic E-state index is 9.47. The van der Waals surface area contributed by atoms with Crippen LogP contribution in [0.15, 0.2) is 85.6 Å². The SMILES string of the molecule is C.C#CC#CC.C=COCC.CCC(C)c1ccc(O)cc1.CCOC(C)Oc1ccc(C(C)CC(CC)c2ccc(O)cc2)cc1. The Bertz CT molecular complexity index is 1280. The topological polar surface area (TPSA) is 68.2 Å². The van der Waals surface area contributed by atoms with E-state index in [1.165, 1.54) is 23.0 Å². The predicted molar refractivity (Wildman–Crippen MR) is 200 cm³/mol. The first-order chi connectivity index (χ1) is 22.1. The van der Waals surface area contributed by atoms with E-state index >= 15 is 0 Å². The van der Waals surface area contributed by atoms with Crippen LogP contribution in [0, 0.1) is 24.2 Å². The molecule has 4 atom stereocenters. The van der Waals surface area contributed by atoms with Gasteiger partial charge in [0.1, 0.15) is 17.2 Å². The fourth-order valence-electron chi connectivity index (χ4n) is 4.41. The van der Waals surface area contributed by atoms with E-state index < -0.39 is 0 Å². The van der Waals surface area contributed by atoms with Crippen molar-refractivity contribution in [2.75, 3.05) is 13.2 Å². The fraction of sp³-hybridized carbons (Fsp3) is 0.429. The lowest BCUT2D eigenvalue weighted by atomic mass is 9.84. The van der Waals surface area contributed by atoms with Crippen molar-refractivity contribution in [3.05, 3.63) is 102 Å². The largest absolute Gasteiger partial charge is 0.508 e. The minimum absolute atomic E-state index is 0. The third-order valence-electron chi connectivity index (χ3n) is 7.20. The summed E-state index contributed by atoms with van der Waals surface area (Å²) in [5.74, 6) is 10.1. The molecule has 5 heteroatoms. The highest BCUT2D eigenvalue weighted by molar-refractivity contribution is 5.32. The van der Waals surface area contributed by atoms with Crippen LogP contribution in [0.3, 0.4) is 0 Å². The first kappa shape index (κ1) is 44.8. The second-order valence-corrected chi connectivity index (χ2v) is 10.6. The molecule has 0 saturated heterocycles. The number of hydrogen-bond acceptors (Lipinski definition) is 5. The molecule has 0 heterocycles. The number of ether oxygens (including phenoxy) is 3. The quantitative estimate of drug-likeness (QED) is 0.110. The van der Waals surface area contributed by atoms with Crippen molar-refractivity contribution in [3.63, 3.8) is 0 Å². The molecule has 0 aliphatic carbocycles. The summed E-state index contributed by atoms with van der Waals surface area (Å²) in [6.45, 7) is 21.0. The van der Waals surface area contributed by atoms with Gasteiger partial charge in [-0.15, -0.1) is 6.42 Å². The highest BCUT2D eigenvalue weighted by Gasteiger charge is 2.15. The van der Waals surface area contributed by atoms with Gasteiger partial charge < -0.3 is 24.4 Å². The third kappa shape index (κ3) is 20.4. The summed E-state index contributed by atoms with van der Waals surface area (Å²) in [4.78, 5) is 0. The molecule has 47 heavy (non-hydrogen) atoms. The van der Waals surface area contributed by atoms with Crippen molar-refractivity contribution in [1.82, 2.24) is 0 Å². The minimum Gasteiger partial charge on any atom is -0.508 e. The lowest BCUT2D eigenvalue weighted by molar-refractivity contribution is -0.0613. The molecule has 0 amide bonds. The van der Waals surface area contributed by atoms with Gasteiger partial charge in [-0.3, -0.25) is 0 Å². The van der Waals surface area contributed by atoms with Crippen molar-refractivity contribution < 1.29 is 24.4 Å². The summed E-state index contributed by atoms with van der Waals surface area (Å²) in [5, 5.41) is 18.5. The van der Waals surface area contributed by atoms with Gasteiger partial charge in [-0.1, -0.05) is 84.0 Å². The summed E-state index contributed by atoms with van der Waals surface area (Å²) in [6, 6.07) is 23.3. The van der Waals surface area contributed by atoms with Gasteiger partial charge in [0, 0.05) is 6.61 Å². The Labute approximate surface area is 287 Å². The van der Waals surface area contributed by atoms with E-state index in [1.807, 2.05) is 57.2 Å². The van der Waals surface area contributed by atoms with E-state index in [2.05, 4.69) is 68.9 Å². The molecular formula is C42H60O5. The van der Waals surface area contributed by atoms with Crippen LogP contribution in [0.25, 0.3) is 0 Å². The zero-order valence-electron chi connectivity index (χ0n) is 29.3. The first-order valence-corrected chi connectivity index (χ1v) is 16.2. The Hall–Kier alpha value is -4.32. The van der Waals surface area contributed by atoms with Crippen LogP contribution in [-0.4, -0.2) is 29.7 Å². The fourth-order valence-corrected chi connectivity index (χ4v) is 4.41.